The Balaban J connectivity index is 0.000000208. The lowest BCUT2D eigenvalue weighted by atomic mass is 9.85. The largest absolute Gasteiger partial charge is 0.508 e. The van der Waals surface area contributed by atoms with Crippen LogP contribution in [0.2, 0.25) is 0 Å². The van der Waals surface area contributed by atoms with Crippen molar-refractivity contribution in [1.29, 1.82) is 0 Å². The molecule has 0 spiro atoms. The summed E-state index contributed by atoms with van der Waals surface area (Å²) in [6.07, 6.45) is 9.49. The van der Waals surface area contributed by atoms with Gasteiger partial charge in [-0.05, 0) is 190 Å². The first-order chi connectivity index (χ1) is 66.7. The van der Waals surface area contributed by atoms with Gasteiger partial charge < -0.3 is 71.2 Å². The number of nitrogens with one attached hydrogen (secondary N) is 5. The fourth-order valence-corrected chi connectivity index (χ4v) is 18.3. The summed E-state index contributed by atoms with van der Waals surface area (Å²) in [5.41, 5.74) is 19.9. The number of carbonyl (C=O) groups is 8. The summed E-state index contributed by atoms with van der Waals surface area (Å²) < 4.78 is 11.7. The van der Waals surface area contributed by atoms with E-state index in [1.165, 1.54) is 32.1 Å². The first-order valence-corrected chi connectivity index (χ1v) is 50.7. The second kappa shape index (κ2) is 55.2. The van der Waals surface area contributed by atoms with Crippen molar-refractivity contribution in [3.63, 3.8) is 0 Å². The zero-order valence-electron chi connectivity index (χ0n) is 83.6. The Morgan fingerprint density at radius 2 is 0.806 bits per heavy atom. The second-order valence-corrected chi connectivity index (χ2v) is 39.2. The molecule has 24 nitrogen and oxygen atoms in total. The molecule has 8 aromatic carbocycles. The minimum atomic E-state index is -0.789. The highest BCUT2D eigenvalue weighted by Crippen LogP contribution is 2.40. The van der Waals surface area contributed by atoms with Crippen molar-refractivity contribution in [1.82, 2.24) is 51.3 Å². The van der Waals surface area contributed by atoms with Crippen LogP contribution in [0.1, 0.15) is 242 Å². The van der Waals surface area contributed by atoms with Gasteiger partial charge in [-0.25, -0.2) is 9.97 Å². The lowest BCUT2D eigenvalue weighted by Crippen LogP contribution is -2.57. The summed E-state index contributed by atoms with van der Waals surface area (Å²) in [6, 6.07) is 64.3. The van der Waals surface area contributed by atoms with Gasteiger partial charge in [0.05, 0.1) is 57.5 Å². The number of β-amino-alcohol motifs (C(OH)–C–C–N with tert-alkyl or cyclic N) is 2. The van der Waals surface area contributed by atoms with Crippen LogP contribution < -0.4 is 36.1 Å². The minimum absolute atomic E-state index is 0.0585. The van der Waals surface area contributed by atoms with E-state index in [1.807, 2.05) is 197 Å². The number of phenols is 2. The number of rotatable bonds is 40. The van der Waals surface area contributed by atoms with Crippen LogP contribution in [-0.2, 0) is 51.4 Å². The lowest BCUT2D eigenvalue weighted by molar-refractivity contribution is -0.144. The normalized spacial score (nSPS) is 15.3. The fraction of sp³-hybridized carbons (Fsp3) is 0.416. The number of likely N-dealkylation sites (N-methyl/N-ethyl adjacent to an activating group) is 1. The minimum Gasteiger partial charge on any atom is -0.508 e. The number of hydrogen-bond donors (Lipinski definition) is 9. The predicted molar refractivity (Wildman–Crippen MR) is 557 cm³/mol. The predicted octanol–water partition coefficient (Wildman–Crippen LogP) is 20.1. The molecule has 0 bridgehead atoms. The Morgan fingerprint density at radius 1 is 0.439 bits per heavy atom. The van der Waals surface area contributed by atoms with Crippen molar-refractivity contribution in [2.24, 2.45) is 10.8 Å². The Morgan fingerprint density at radius 3 is 1.14 bits per heavy atom. The third-order valence-corrected chi connectivity index (χ3v) is 26.3. The molecule has 6 atom stereocenters. The molecule has 10 aromatic rings. The van der Waals surface area contributed by atoms with Crippen molar-refractivity contribution in [3.05, 3.63) is 273 Å². The number of aryl methyl sites for hydroxylation is 2. The van der Waals surface area contributed by atoms with Gasteiger partial charge in [-0.15, -0.1) is 22.7 Å². The van der Waals surface area contributed by atoms with Crippen molar-refractivity contribution in [3.8, 4) is 43.9 Å². The summed E-state index contributed by atoms with van der Waals surface area (Å²) in [7, 11) is 1.81. The van der Waals surface area contributed by atoms with Crippen LogP contribution >= 0.6 is 22.7 Å². The van der Waals surface area contributed by atoms with Crippen LogP contribution in [0.3, 0.4) is 0 Å². The molecule has 2 aliphatic rings. The van der Waals surface area contributed by atoms with E-state index in [0.29, 0.717) is 65.1 Å². The topological polar surface area (TPSA) is 332 Å². The van der Waals surface area contributed by atoms with Gasteiger partial charge in [-0.1, -0.05) is 266 Å². The molecule has 0 saturated carbocycles. The smallest absolute Gasteiger partial charge is 0.246 e. The van der Waals surface area contributed by atoms with Gasteiger partial charge in [0.1, 0.15) is 60.4 Å². The number of nitrogens with zero attached hydrogens (tertiary/aromatic N) is 5. The second-order valence-electron chi connectivity index (χ2n) is 37.5. The lowest BCUT2D eigenvalue weighted by Gasteiger charge is -2.35. The van der Waals surface area contributed by atoms with Crippen LogP contribution in [0.25, 0.3) is 43.2 Å². The molecule has 26 heteroatoms. The fourth-order valence-electron chi connectivity index (χ4n) is 16.7. The summed E-state index contributed by atoms with van der Waals surface area (Å²) >= 11 is 3.18. The Hall–Kier alpha value is -12.6. The van der Waals surface area contributed by atoms with Crippen LogP contribution in [-0.4, -0.2) is 175 Å². The number of aliphatic hydroxyl groups is 2. The average molecular weight is 1930 g/mol. The van der Waals surface area contributed by atoms with Gasteiger partial charge in [0.15, 0.2) is 0 Å². The number of ether oxygens (including phenoxy) is 2. The number of aliphatic hydroxyl groups excluding tert-OH is 2. The van der Waals surface area contributed by atoms with Gasteiger partial charge in [-0.3, -0.25) is 38.4 Å². The maximum Gasteiger partial charge on any atom is 0.246 e. The molecule has 0 aliphatic carbocycles. The van der Waals surface area contributed by atoms with Crippen LogP contribution in [0.15, 0.2) is 217 Å². The molecule has 0 radical (unpaired) electrons. The maximum atomic E-state index is 13.6. The third-order valence-electron chi connectivity index (χ3n) is 24.3. The number of likely N-dealkylation sites (tertiary alicyclic amines) is 2. The highest BCUT2D eigenvalue weighted by molar-refractivity contribution is 7.13. The number of unbranched alkanes of at least 4 members (excludes halogenated alkanes) is 4. The maximum absolute atomic E-state index is 13.6. The Labute approximate surface area is 830 Å². The van der Waals surface area contributed by atoms with Gasteiger partial charge >= 0.3 is 0 Å². The molecule has 2 fully saturated rings. The molecule has 2 saturated heterocycles. The Bertz CT molecular complexity index is 5450. The van der Waals surface area contributed by atoms with Crippen molar-refractivity contribution < 1.29 is 68.3 Å². The number of phenolic OH excluding ortho intramolecular Hbond substituents is 2. The number of aromatic nitrogens is 2. The highest BCUT2D eigenvalue weighted by Gasteiger charge is 2.46. The SMILES string of the molecule is CCCC(=O)N(C)CCOc1ccc(/C(=C(/CC)c2ccccc2)c2ccc(O)cc2)cc1.CCCC(=O)NCCOc1ccc(/C(=C(/CC)c2ccccc2)c2ccc(O)cc2)cc1.CCCCCC(=O)N[C@H](C(=O)N1C[C@H](O)C[C@H]1C(=O)NCc1ccc(-c2scnc2C)cc1)C(C)(C)C.CCCCCC(=O)N[C@H](C(=O)N1C[C@H](O)C[C@H]1C(=O)NCc1ccc(-c2scnc2C)cc1)C(C)(C)C. The van der Waals surface area contributed by atoms with E-state index < -0.39 is 47.2 Å². The van der Waals surface area contributed by atoms with E-state index in [2.05, 4.69) is 137 Å². The van der Waals surface area contributed by atoms with E-state index in [4.69, 9.17) is 9.47 Å². The molecule has 0 unspecified atom stereocenters. The molecule has 139 heavy (non-hydrogen) atoms. The van der Waals surface area contributed by atoms with Crippen molar-refractivity contribution >= 4 is 92.2 Å². The van der Waals surface area contributed by atoms with E-state index in [1.54, 1.807) is 51.8 Å². The quantitative estimate of drug-likeness (QED) is 0.0127. The van der Waals surface area contributed by atoms with Crippen LogP contribution in [0, 0.1) is 24.7 Å². The summed E-state index contributed by atoms with van der Waals surface area (Å²) in [4.78, 5) is 117. The number of hydrogen-bond acceptors (Lipinski definition) is 18. The van der Waals surface area contributed by atoms with E-state index >= 15 is 0 Å². The van der Waals surface area contributed by atoms with Crippen LogP contribution in [0.5, 0.6) is 23.0 Å². The third kappa shape index (κ3) is 33.6. The zero-order chi connectivity index (χ0) is 101. The molecule has 742 valence electrons. The van der Waals surface area contributed by atoms with Gasteiger partial charge in [0, 0.05) is 71.8 Å². The van der Waals surface area contributed by atoms with E-state index in [9.17, 15) is 58.8 Å². The standard InChI is InChI=1S/C29H33NO3.2C28H40N4O4S.C28H31NO3/c1-4-9-28(32)30(3)20-21-33-26-18-14-24(15-19-26)29(23-12-16-25(31)17-13-23)27(5-2)22-10-7-6-8-11-22;2*1-6-7-8-9-23(34)31-25(28(3,4)5)27(36)32-16-21(33)14-22(32)26(35)29-15-19-10-12-20(13-11-19)24-18(2)30-17-37-24;1-3-8-27(31)29-19-20-32-25-17-13-23(14-18-25)28(22-11-15-24(30)16-12-22)26(4-2)21-9-6-5-7-10-21/h6-8,10-19,31H,4-5,9,20-21H2,1-3H3;2*10-13,17,21-22,25,33H,6-9,14-16H2,1-5H3,(H,29,35)(H,31,34);5-7,9-18,30H,3-4,8,19-20H2,1-2H3,(H,29,31)/b29-27-;;;28-26-/t;2*21-,22+,25-;/m.11./s1. The summed E-state index contributed by atoms with van der Waals surface area (Å²) in [5.74, 6) is 0.620. The molecular weight excluding hydrogens is 1790 g/mol. The average Bonchev–Trinajstić information content (AvgIpc) is 1.45. The number of carbonyl (C=O) groups excluding carboxylic acids is 8. The molecule has 9 N–H and O–H groups in total. The van der Waals surface area contributed by atoms with E-state index in [-0.39, 0.29) is 84.7 Å². The molecule has 8 amide bonds. The number of amides is 8. The summed E-state index contributed by atoms with van der Waals surface area (Å²) in [5, 5.41) is 54.7. The van der Waals surface area contributed by atoms with Crippen molar-refractivity contribution in [2.45, 2.75) is 249 Å². The van der Waals surface area contributed by atoms with Gasteiger partial charge in [-0.2, -0.15) is 0 Å². The molecule has 12 rings (SSSR count). The van der Waals surface area contributed by atoms with Gasteiger partial charge in [0.25, 0.3) is 0 Å². The van der Waals surface area contributed by atoms with Gasteiger partial charge in [0.2, 0.25) is 47.3 Å². The molecular formula is C113H144N10O14S2. The number of aromatic hydroxyl groups is 2. The first-order valence-electron chi connectivity index (χ1n) is 48.9. The Kier molecular flexibility index (Phi) is 43.7. The molecule has 2 aliphatic heterocycles. The monoisotopic (exact) mass is 1930 g/mol. The number of thiazole rings is 2. The zero-order valence-corrected chi connectivity index (χ0v) is 85.3. The highest BCUT2D eigenvalue weighted by atomic mass is 32.1. The molecule has 4 heterocycles. The first kappa shape index (κ1) is 110. The number of benzene rings is 8. The van der Waals surface area contributed by atoms with E-state index in [0.717, 1.165) is 153 Å². The van der Waals surface area contributed by atoms with Crippen LogP contribution in [0.4, 0.5) is 0 Å². The number of allylic oxidation sites excluding steroid dienone is 2. The molecule has 2 aromatic heterocycles. The van der Waals surface area contributed by atoms with Crippen molar-refractivity contribution in [2.75, 3.05) is 46.4 Å². The summed E-state index contributed by atoms with van der Waals surface area (Å²) in [6.45, 7) is 30.5.